The van der Waals surface area contributed by atoms with Crippen LogP contribution in [0.15, 0.2) is 48.5 Å². The van der Waals surface area contributed by atoms with E-state index in [1.165, 1.54) is 0 Å². The van der Waals surface area contributed by atoms with Crippen LogP contribution >= 0.6 is 0 Å². The van der Waals surface area contributed by atoms with E-state index in [9.17, 15) is 4.79 Å². The van der Waals surface area contributed by atoms with E-state index in [-0.39, 0.29) is 5.91 Å². The Morgan fingerprint density at radius 1 is 1.00 bits per heavy atom. The molecule has 1 unspecified atom stereocenters. The number of anilines is 1. The fourth-order valence-corrected chi connectivity index (χ4v) is 3.19. The van der Waals surface area contributed by atoms with Crippen molar-refractivity contribution >= 4 is 11.6 Å². The summed E-state index contributed by atoms with van der Waals surface area (Å²) in [6.07, 6.45) is -0.486. The highest BCUT2D eigenvalue weighted by molar-refractivity contribution is 5.81. The smallest absolute Gasteiger partial charge is 0.263 e. The van der Waals surface area contributed by atoms with Crippen molar-refractivity contribution in [3.05, 3.63) is 54.1 Å². The highest BCUT2D eigenvalue weighted by Gasteiger charge is 2.26. The fraction of sp³-hybridized carbons (Fsp3) is 0.381. The SMILES string of the molecule is COc1cccc(N2CCN(C(=O)C(C)Oc3cccc(C)c3)CC2)c1. The number of ether oxygens (including phenoxy) is 2. The van der Waals surface area contributed by atoms with Gasteiger partial charge >= 0.3 is 0 Å². The number of carbonyl (C=O) groups is 1. The van der Waals surface area contributed by atoms with E-state index in [0.717, 1.165) is 35.8 Å². The van der Waals surface area contributed by atoms with E-state index in [1.807, 2.05) is 61.2 Å². The number of benzene rings is 2. The molecule has 3 rings (SSSR count). The molecule has 1 amide bonds. The van der Waals surface area contributed by atoms with Gasteiger partial charge in [0.05, 0.1) is 7.11 Å². The molecule has 0 radical (unpaired) electrons. The Labute approximate surface area is 155 Å². The van der Waals surface area contributed by atoms with Crippen molar-refractivity contribution in [1.82, 2.24) is 4.90 Å². The second kappa shape index (κ2) is 8.13. The highest BCUT2D eigenvalue weighted by atomic mass is 16.5. The van der Waals surface area contributed by atoms with E-state index in [2.05, 4.69) is 11.0 Å². The Hall–Kier alpha value is -2.69. The van der Waals surface area contributed by atoms with Crippen molar-refractivity contribution < 1.29 is 14.3 Å². The summed E-state index contributed by atoms with van der Waals surface area (Å²) in [5.41, 5.74) is 2.24. The summed E-state index contributed by atoms with van der Waals surface area (Å²) < 4.78 is 11.1. The molecule has 2 aromatic carbocycles. The van der Waals surface area contributed by atoms with Crippen LogP contribution in [0.25, 0.3) is 0 Å². The van der Waals surface area contributed by atoms with Crippen LogP contribution in [-0.2, 0) is 4.79 Å². The van der Waals surface area contributed by atoms with Gasteiger partial charge in [-0.3, -0.25) is 4.79 Å². The number of piperazine rings is 1. The predicted molar refractivity (Wildman–Crippen MR) is 103 cm³/mol. The molecular weight excluding hydrogens is 328 g/mol. The molecule has 1 saturated heterocycles. The number of hydrogen-bond acceptors (Lipinski definition) is 4. The Kier molecular flexibility index (Phi) is 5.66. The third-order valence-electron chi connectivity index (χ3n) is 4.66. The lowest BCUT2D eigenvalue weighted by Gasteiger charge is -2.37. The topological polar surface area (TPSA) is 42.0 Å². The standard InChI is InChI=1S/C21H26N2O3/c1-16-6-4-9-20(14-16)26-17(2)21(24)23-12-10-22(11-13-23)18-7-5-8-19(15-18)25-3/h4-9,14-15,17H,10-13H2,1-3H3. The Morgan fingerprint density at radius 2 is 1.69 bits per heavy atom. The molecule has 138 valence electrons. The van der Waals surface area contributed by atoms with Crippen LogP contribution in [-0.4, -0.2) is 50.2 Å². The largest absolute Gasteiger partial charge is 0.497 e. The Balaban J connectivity index is 1.56. The number of nitrogens with zero attached hydrogens (tertiary/aromatic N) is 2. The van der Waals surface area contributed by atoms with Gasteiger partial charge in [0.15, 0.2) is 6.10 Å². The summed E-state index contributed by atoms with van der Waals surface area (Å²) in [5, 5.41) is 0. The van der Waals surface area contributed by atoms with E-state index in [1.54, 1.807) is 7.11 Å². The monoisotopic (exact) mass is 354 g/mol. The summed E-state index contributed by atoms with van der Waals surface area (Å²) in [6, 6.07) is 15.8. The van der Waals surface area contributed by atoms with E-state index in [4.69, 9.17) is 9.47 Å². The second-order valence-corrected chi connectivity index (χ2v) is 6.59. The van der Waals surface area contributed by atoms with Gasteiger partial charge in [-0.2, -0.15) is 0 Å². The lowest BCUT2D eigenvalue weighted by atomic mass is 10.2. The maximum atomic E-state index is 12.7. The lowest BCUT2D eigenvalue weighted by molar-refractivity contribution is -0.138. The van der Waals surface area contributed by atoms with Gasteiger partial charge in [0.1, 0.15) is 11.5 Å². The van der Waals surface area contributed by atoms with Crippen molar-refractivity contribution in [3.8, 4) is 11.5 Å². The van der Waals surface area contributed by atoms with Gasteiger partial charge in [0.2, 0.25) is 0 Å². The summed E-state index contributed by atoms with van der Waals surface area (Å²) in [7, 11) is 1.67. The Bertz CT molecular complexity index is 754. The van der Waals surface area contributed by atoms with Crippen molar-refractivity contribution in [2.24, 2.45) is 0 Å². The van der Waals surface area contributed by atoms with Gasteiger partial charge in [-0.1, -0.05) is 18.2 Å². The van der Waals surface area contributed by atoms with Crippen LogP contribution in [0.5, 0.6) is 11.5 Å². The molecule has 0 saturated carbocycles. The zero-order valence-corrected chi connectivity index (χ0v) is 15.6. The molecule has 1 atom stereocenters. The van der Waals surface area contributed by atoms with Crippen molar-refractivity contribution in [3.63, 3.8) is 0 Å². The van der Waals surface area contributed by atoms with E-state index >= 15 is 0 Å². The highest BCUT2D eigenvalue weighted by Crippen LogP contribution is 2.22. The number of hydrogen-bond donors (Lipinski definition) is 0. The molecule has 5 nitrogen and oxygen atoms in total. The van der Waals surface area contributed by atoms with Crippen LogP contribution in [0, 0.1) is 6.92 Å². The number of aryl methyl sites for hydroxylation is 1. The maximum Gasteiger partial charge on any atom is 0.263 e. The molecule has 26 heavy (non-hydrogen) atoms. The normalized spacial score (nSPS) is 15.5. The molecule has 0 bridgehead atoms. The molecule has 0 aliphatic carbocycles. The van der Waals surface area contributed by atoms with Crippen LogP contribution in [0.4, 0.5) is 5.69 Å². The van der Waals surface area contributed by atoms with Gasteiger partial charge in [-0.25, -0.2) is 0 Å². The van der Waals surface area contributed by atoms with Crippen molar-refractivity contribution in [2.75, 3.05) is 38.2 Å². The Morgan fingerprint density at radius 3 is 2.38 bits per heavy atom. The molecular formula is C21H26N2O3. The maximum absolute atomic E-state index is 12.7. The molecule has 0 spiro atoms. The minimum atomic E-state index is -0.486. The molecule has 1 aliphatic rings. The average Bonchev–Trinajstić information content (AvgIpc) is 2.67. The molecule has 0 aromatic heterocycles. The quantitative estimate of drug-likeness (QED) is 0.827. The first kappa shape index (κ1) is 18.1. The third kappa shape index (κ3) is 4.28. The minimum absolute atomic E-state index is 0.0387. The van der Waals surface area contributed by atoms with Crippen LogP contribution in [0.2, 0.25) is 0 Å². The summed E-state index contributed by atoms with van der Waals surface area (Å²) >= 11 is 0. The van der Waals surface area contributed by atoms with Crippen LogP contribution in [0.1, 0.15) is 12.5 Å². The second-order valence-electron chi connectivity index (χ2n) is 6.59. The minimum Gasteiger partial charge on any atom is -0.497 e. The molecule has 5 heteroatoms. The van der Waals surface area contributed by atoms with Crippen molar-refractivity contribution in [1.29, 1.82) is 0 Å². The first-order valence-electron chi connectivity index (χ1n) is 8.98. The zero-order valence-electron chi connectivity index (χ0n) is 15.6. The first-order valence-corrected chi connectivity index (χ1v) is 8.98. The van der Waals surface area contributed by atoms with Gasteiger partial charge < -0.3 is 19.3 Å². The van der Waals surface area contributed by atoms with Crippen LogP contribution < -0.4 is 14.4 Å². The fourth-order valence-electron chi connectivity index (χ4n) is 3.19. The van der Waals surface area contributed by atoms with E-state index in [0.29, 0.717) is 13.1 Å². The molecule has 1 heterocycles. The average molecular weight is 354 g/mol. The van der Waals surface area contributed by atoms with Crippen LogP contribution in [0.3, 0.4) is 0 Å². The van der Waals surface area contributed by atoms with Gasteiger partial charge in [-0.15, -0.1) is 0 Å². The predicted octanol–water partition coefficient (Wildman–Crippen LogP) is 3.12. The van der Waals surface area contributed by atoms with Crippen molar-refractivity contribution in [2.45, 2.75) is 20.0 Å². The van der Waals surface area contributed by atoms with Gasteiger partial charge in [0, 0.05) is 37.9 Å². The number of amides is 1. The zero-order chi connectivity index (χ0) is 18.5. The van der Waals surface area contributed by atoms with Gasteiger partial charge in [0.25, 0.3) is 5.91 Å². The summed E-state index contributed by atoms with van der Waals surface area (Å²) in [4.78, 5) is 16.9. The van der Waals surface area contributed by atoms with E-state index < -0.39 is 6.10 Å². The number of methoxy groups -OCH3 is 1. The summed E-state index contributed by atoms with van der Waals surface area (Å²) in [5.74, 6) is 1.62. The molecule has 1 fully saturated rings. The third-order valence-corrected chi connectivity index (χ3v) is 4.66. The summed E-state index contributed by atoms with van der Waals surface area (Å²) in [6.45, 7) is 6.82. The first-order chi connectivity index (χ1) is 12.6. The number of carbonyl (C=O) groups excluding carboxylic acids is 1. The lowest BCUT2D eigenvalue weighted by Crippen LogP contribution is -2.52. The van der Waals surface area contributed by atoms with Gasteiger partial charge in [-0.05, 0) is 43.7 Å². The molecule has 0 N–H and O–H groups in total. The molecule has 2 aromatic rings. The molecule has 1 aliphatic heterocycles. The number of rotatable bonds is 5.